The van der Waals surface area contributed by atoms with Crippen molar-refractivity contribution in [1.82, 2.24) is 4.98 Å². The molecule has 0 spiro atoms. The van der Waals surface area contributed by atoms with E-state index >= 15 is 0 Å². The summed E-state index contributed by atoms with van der Waals surface area (Å²) in [6, 6.07) is 9.66. The molecule has 32 heavy (non-hydrogen) atoms. The van der Waals surface area contributed by atoms with Crippen molar-refractivity contribution in [3.05, 3.63) is 52.6 Å². The van der Waals surface area contributed by atoms with Crippen molar-refractivity contribution in [3.8, 4) is 0 Å². The maximum absolute atomic E-state index is 14.0. The summed E-state index contributed by atoms with van der Waals surface area (Å²) in [5, 5.41) is 3.76. The molecule has 2 heterocycles. The molecule has 3 N–H and O–H groups in total. The topological polar surface area (TPSA) is 71.2 Å². The van der Waals surface area contributed by atoms with E-state index in [1.165, 1.54) is 19.2 Å². The second-order valence-electron chi connectivity index (χ2n) is 7.98. The van der Waals surface area contributed by atoms with Crippen LogP contribution in [0.2, 0.25) is 0 Å². The lowest BCUT2D eigenvalue weighted by Gasteiger charge is -2.34. The van der Waals surface area contributed by atoms with Gasteiger partial charge in [-0.2, -0.15) is 13.2 Å². The Hall–Kier alpha value is -2.81. The third-order valence-electron chi connectivity index (χ3n) is 5.84. The third-order valence-corrected chi connectivity index (χ3v) is 6.33. The molecule has 9 heteroatoms. The van der Waals surface area contributed by atoms with Crippen LogP contribution in [0.1, 0.15) is 25.3 Å². The summed E-state index contributed by atoms with van der Waals surface area (Å²) >= 11 is 3.41. The van der Waals surface area contributed by atoms with Gasteiger partial charge in [-0.25, -0.2) is 0 Å². The average Bonchev–Trinajstić information content (AvgIpc) is 2.75. The molecule has 0 amide bonds. The van der Waals surface area contributed by atoms with E-state index in [9.17, 15) is 18.0 Å². The predicted molar refractivity (Wildman–Crippen MR) is 124 cm³/mol. The molecule has 3 aromatic rings. The van der Waals surface area contributed by atoms with E-state index in [1.54, 1.807) is 17.0 Å². The number of nitrogens with zero attached hydrogens (tertiary/aromatic N) is 2. The molecule has 1 aliphatic rings. The van der Waals surface area contributed by atoms with Crippen LogP contribution in [0.5, 0.6) is 0 Å². The highest BCUT2D eigenvalue weighted by atomic mass is 79.9. The summed E-state index contributed by atoms with van der Waals surface area (Å²) in [5.41, 5.74) is 7.28. The Morgan fingerprint density at radius 3 is 2.56 bits per heavy atom. The number of fused-ring (bicyclic) bond motifs is 1. The quantitative estimate of drug-likeness (QED) is 0.444. The molecular weight excluding hydrogens is 485 g/mol. The van der Waals surface area contributed by atoms with Gasteiger partial charge >= 0.3 is 6.18 Å². The number of carbonyl (C=O) groups is 1. The fraction of sp³-hybridized carbons (Fsp3) is 0.304. The second-order valence-corrected chi connectivity index (χ2v) is 8.89. The number of anilines is 4. The van der Waals surface area contributed by atoms with Crippen molar-refractivity contribution < 1.29 is 18.0 Å². The summed E-state index contributed by atoms with van der Waals surface area (Å²) in [4.78, 5) is 17.6. The Morgan fingerprint density at radius 2 is 1.91 bits per heavy atom. The standard InChI is InChI=1S/C23H22BrF3N4O/c1-13(32)14-6-8-31(9-7-14)21-5-3-16(11-18(21)23(25,26)27)30-22-17-10-15(24)2-4-20(17)29-12-19(22)28/h2-5,10-12,14H,6-9,28H2,1H3,(H,29,30). The monoisotopic (exact) mass is 506 g/mol. The van der Waals surface area contributed by atoms with Gasteiger partial charge in [0, 0.05) is 40.2 Å². The summed E-state index contributed by atoms with van der Waals surface area (Å²) in [7, 11) is 0. The molecule has 0 radical (unpaired) electrons. The van der Waals surface area contributed by atoms with E-state index in [-0.39, 0.29) is 23.1 Å². The van der Waals surface area contributed by atoms with Gasteiger partial charge in [0.2, 0.25) is 0 Å². The lowest BCUT2D eigenvalue weighted by Crippen LogP contribution is -2.36. The smallest absolute Gasteiger partial charge is 0.396 e. The first-order valence-corrected chi connectivity index (χ1v) is 11.0. The highest BCUT2D eigenvalue weighted by Crippen LogP contribution is 2.41. The van der Waals surface area contributed by atoms with Gasteiger partial charge in [-0.15, -0.1) is 0 Å². The first-order chi connectivity index (χ1) is 15.1. The SMILES string of the molecule is CC(=O)C1CCN(c2ccc(Nc3c(N)cnc4ccc(Br)cc34)cc2C(F)(F)F)CC1. The second kappa shape index (κ2) is 8.61. The largest absolute Gasteiger partial charge is 0.418 e. The van der Waals surface area contributed by atoms with Gasteiger partial charge in [0.25, 0.3) is 0 Å². The molecule has 0 unspecified atom stereocenters. The number of piperidine rings is 1. The number of ketones is 1. The summed E-state index contributed by atoms with van der Waals surface area (Å²) in [6.45, 7) is 2.36. The van der Waals surface area contributed by atoms with E-state index in [0.717, 1.165) is 10.5 Å². The molecule has 1 aromatic heterocycles. The maximum Gasteiger partial charge on any atom is 0.418 e. The van der Waals surface area contributed by atoms with Crippen LogP contribution >= 0.6 is 15.9 Å². The first-order valence-electron chi connectivity index (χ1n) is 10.2. The number of benzene rings is 2. The zero-order chi connectivity index (χ0) is 23.0. The van der Waals surface area contributed by atoms with Crippen LogP contribution in [0.25, 0.3) is 10.9 Å². The van der Waals surface area contributed by atoms with Crippen LogP contribution < -0.4 is 16.0 Å². The number of nitrogen functional groups attached to an aromatic ring is 1. The zero-order valence-corrected chi connectivity index (χ0v) is 18.9. The highest BCUT2D eigenvalue weighted by Gasteiger charge is 2.36. The predicted octanol–water partition coefficient (Wildman–Crippen LogP) is 6.15. The van der Waals surface area contributed by atoms with Crippen LogP contribution in [0, 0.1) is 5.92 Å². The van der Waals surface area contributed by atoms with Crippen molar-refractivity contribution >= 4 is 55.4 Å². The van der Waals surface area contributed by atoms with Crippen molar-refractivity contribution in [2.24, 2.45) is 5.92 Å². The molecule has 168 valence electrons. The van der Waals surface area contributed by atoms with Crippen molar-refractivity contribution in [1.29, 1.82) is 0 Å². The number of halogens is 4. The van der Waals surface area contributed by atoms with E-state index in [0.29, 0.717) is 48.2 Å². The van der Waals surface area contributed by atoms with Gasteiger partial charge in [0.05, 0.1) is 28.7 Å². The Morgan fingerprint density at radius 1 is 1.19 bits per heavy atom. The average molecular weight is 507 g/mol. The van der Waals surface area contributed by atoms with Gasteiger partial charge in [0.1, 0.15) is 5.78 Å². The highest BCUT2D eigenvalue weighted by molar-refractivity contribution is 9.10. The Balaban J connectivity index is 1.69. The summed E-state index contributed by atoms with van der Waals surface area (Å²) in [6.07, 6.45) is -1.93. The Kier molecular flexibility index (Phi) is 6.03. The minimum atomic E-state index is -4.53. The Bertz CT molecular complexity index is 1170. The Labute approximate surface area is 191 Å². The van der Waals surface area contributed by atoms with Gasteiger partial charge in [0.15, 0.2) is 0 Å². The molecular formula is C23H22BrF3N4O. The van der Waals surface area contributed by atoms with Gasteiger partial charge in [-0.05, 0) is 56.2 Å². The third kappa shape index (κ3) is 4.53. The fourth-order valence-corrected chi connectivity index (χ4v) is 4.47. The lowest BCUT2D eigenvalue weighted by molar-refractivity contribution is -0.137. The van der Waals surface area contributed by atoms with E-state index in [4.69, 9.17) is 5.73 Å². The van der Waals surface area contributed by atoms with E-state index < -0.39 is 11.7 Å². The molecule has 2 aromatic carbocycles. The van der Waals surface area contributed by atoms with Crippen LogP contribution in [0.4, 0.5) is 35.9 Å². The molecule has 4 rings (SSSR count). The summed E-state index contributed by atoms with van der Waals surface area (Å²) in [5.74, 6) is 0.0119. The number of hydrogen-bond donors (Lipinski definition) is 2. The lowest BCUT2D eigenvalue weighted by atomic mass is 9.92. The number of Topliss-reactive ketones (excluding diaryl/α,β-unsaturated/α-hetero) is 1. The van der Waals surface area contributed by atoms with Gasteiger partial charge in [-0.1, -0.05) is 15.9 Å². The molecule has 0 saturated carbocycles. The molecule has 1 aliphatic heterocycles. The van der Waals surface area contributed by atoms with Gasteiger partial charge in [-0.3, -0.25) is 9.78 Å². The minimum Gasteiger partial charge on any atom is -0.396 e. The molecule has 0 bridgehead atoms. The number of rotatable bonds is 4. The number of carbonyl (C=O) groups excluding carboxylic acids is 1. The van der Waals surface area contributed by atoms with Crippen molar-refractivity contribution in [2.45, 2.75) is 25.9 Å². The number of pyridine rings is 1. The minimum absolute atomic E-state index is 0.0798. The number of nitrogens with one attached hydrogen (secondary N) is 1. The molecule has 1 fully saturated rings. The number of aromatic nitrogens is 1. The van der Waals surface area contributed by atoms with Crippen LogP contribution in [0.3, 0.4) is 0 Å². The number of alkyl halides is 3. The van der Waals surface area contributed by atoms with Crippen molar-refractivity contribution in [2.75, 3.05) is 29.0 Å². The first kappa shape index (κ1) is 22.4. The molecule has 5 nitrogen and oxygen atoms in total. The maximum atomic E-state index is 14.0. The van der Waals surface area contributed by atoms with E-state index in [2.05, 4.69) is 26.2 Å². The zero-order valence-electron chi connectivity index (χ0n) is 17.3. The normalized spacial score (nSPS) is 15.2. The molecule has 0 atom stereocenters. The van der Waals surface area contributed by atoms with Crippen LogP contribution in [-0.4, -0.2) is 23.9 Å². The fourth-order valence-electron chi connectivity index (χ4n) is 4.11. The van der Waals surface area contributed by atoms with E-state index in [1.807, 2.05) is 12.1 Å². The molecule has 1 saturated heterocycles. The number of nitrogens with two attached hydrogens (primary N) is 1. The van der Waals surface area contributed by atoms with Crippen LogP contribution in [0.15, 0.2) is 47.1 Å². The van der Waals surface area contributed by atoms with Gasteiger partial charge < -0.3 is 16.0 Å². The molecule has 0 aliphatic carbocycles. The van der Waals surface area contributed by atoms with Crippen LogP contribution in [-0.2, 0) is 11.0 Å². The summed E-state index contributed by atoms with van der Waals surface area (Å²) < 4.78 is 42.7. The number of hydrogen-bond acceptors (Lipinski definition) is 5. The van der Waals surface area contributed by atoms with Crippen molar-refractivity contribution in [3.63, 3.8) is 0 Å².